The van der Waals surface area contributed by atoms with Crippen molar-refractivity contribution in [2.75, 3.05) is 13.2 Å². The Bertz CT molecular complexity index is 472. The fourth-order valence-corrected chi connectivity index (χ4v) is 1.47. The lowest BCUT2D eigenvalue weighted by Crippen LogP contribution is -2.10. The average Bonchev–Trinajstić information content (AvgIpc) is 2.32. The predicted octanol–water partition coefficient (Wildman–Crippen LogP) is 3.03. The number of halogens is 3. The maximum Gasteiger partial charge on any atom is 0.389 e. The molecule has 0 radical (unpaired) electrons. The Morgan fingerprint density at radius 3 is 2.68 bits per heavy atom. The molecule has 0 atom stereocenters. The largest absolute Gasteiger partial charge is 0.492 e. The average molecular weight is 271 g/mol. The van der Waals surface area contributed by atoms with Crippen molar-refractivity contribution in [1.29, 1.82) is 0 Å². The van der Waals surface area contributed by atoms with Crippen molar-refractivity contribution < 1.29 is 17.9 Å². The SMILES string of the molecule is Cc1ccc(OCCCC(F)(F)F)c(C#CCN)c1. The zero-order chi connectivity index (χ0) is 14.3. The van der Waals surface area contributed by atoms with E-state index in [1.165, 1.54) is 0 Å². The number of rotatable bonds is 4. The molecular weight excluding hydrogens is 255 g/mol. The first-order valence-corrected chi connectivity index (χ1v) is 5.91. The molecule has 0 fully saturated rings. The van der Waals surface area contributed by atoms with E-state index in [4.69, 9.17) is 10.5 Å². The molecule has 0 aliphatic heterocycles. The molecule has 0 aromatic heterocycles. The Morgan fingerprint density at radius 2 is 2.05 bits per heavy atom. The fourth-order valence-electron chi connectivity index (χ4n) is 1.47. The number of benzene rings is 1. The zero-order valence-electron chi connectivity index (χ0n) is 10.7. The van der Waals surface area contributed by atoms with E-state index in [9.17, 15) is 13.2 Å². The summed E-state index contributed by atoms with van der Waals surface area (Å²) < 4.78 is 41.3. The molecule has 0 saturated heterocycles. The van der Waals surface area contributed by atoms with Crippen LogP contribution < -0.4 is 10.5 Å². The maximum absolute atomic E-state index is 12.0. The fraction of sp³-hybridized carbons (Fsp3) is 0.429. The van der Waals surface area contributed by atoms with Gasteiger partial charge in [-0.15, -0.1) is 0 Å². The van der Waals surface area contributed by atoms with Crippen LogP contribution in [0.2, 0.25) is 0 Å². The first-order chi connectivity index (χ1) is 8.92. The van der Waals surface area contributed by atoms with Gasteiger partial charge in [0.15, 0.2) is 0 Å². The van der Waals surface area contributed by atoms with Gasteiger partial charge in [0, 0.05) is 6.42 Å². The van der Waals surface area contributed by atoms with Gasteiger partial charge in [0.2, 0.25) is 0 Å². The third-order valence-corrected chi connectivity index (χ3v) is 2.32. The molecule has 0 unspecified atom stereocenters. The quantitative estimate of drug-likeness (QED) is 0.675. The van der Waals surface area contributed by atoms with E-state index in [2.05, 4.69) is 11.8 Å². The van der Waals surface area contributed by atoms with Gasteiger partial charge in [-0.2, -0.15) is 13.2 Å². The van der Waals surface area contributed by atoms with Crippen molar-refractivity contribution in [3.63, 3.8) is 0 Å². The molecule has 0 aliphatic carbocycles. The van der Waals surface area contributed by atoms with Crippen LogP contribution in [0.25, 0.3) is 0 Å². The molecular formula is C14H16F3NO. The van der Waals surface area contributed by atoms with Crippen molar-refractivity contribution in [3.05, 3.63) is 29.3 Å². The Kier molecular flexibility index (Phi) is 5.71. The summed E-state index contributed by atoms with van der Waals surface area (Å²) in [6.45, 7) is 2.14. The van der Waals surface area contributed by atoms with Gasteiger partial charge in [-0.1, -0.05) is 17.9 Å². The molecule has 1 rings (SSSR count). The third-order valence-electron chi connectivity index (χ3n) is 2.32. The monoisotopic (exact) mass is 271 g/mol. The highest BCUT2D eigenvalue weighted by Gasteiger charge is 2.26. The standard InChI is InChI=1S/C14H16F3NO/c1-11-5-6-13(12(10-11)4-2-8-18)19-9-3-7-14(15,16)17/h5-6,10H,3,7-9,18H2,1H3. The first kappa shape index (κ1) is 15.4. The molecule has 0 bridgehead atoms. The number of hydrogen-bond donors (Lipinski definition) is 1. The first-order valence-electron chi connectivity index (χ1n) is 5.91. The Hall–Kier alpha value is -1.67. The van der Waals surface area contributed by atoms with E-state index in [1.54, 1.807) is 6.07 Å². The van der Waals surface area contributed by atoms with Crippen molar-refractivity contribution >= 4 is 0 Å². The summed E-state index contributed by atoms with van der Waals surface area (Å²) in [7, 11) is 0. The molecule has 1 aromatic rings. The Balaban J connectivity index is 2.62. The molecule has 0 spiro atoms. The van der Waals surface area contributed by atoms with Crippen LogP contribution in [0.5, 0.6) is 5.75 Å². The molecule has 1 aromatic carbocycles. The Labute approximate surface area is 110 Å². The van der Waals surface area contributed by atoms with Gasteiger partial charge >= 0.3 is 6.18 Å². The van der Waals surface area contributed by atoms with Crippen LogP contribution in [0.3, 0.4) is 0 Å². The van der Waals surface area contributed by atoms with Crippen LogP contribution in [0, 0.1) is 18.8 Å². The van der Waals surface area contributed by atoms with E-state index in [-0.39, 0.29) is 19.6 Å². The summed E-state index contributed by atoms with van der Waals surface area (Å²) in [5, 5.41) is 0. The lowest BCUT2D eigenvalue weighted by Gasteiger charge is -2.10. The molecule has 0 heterocycles. The molecule has 2 N–H and O–H groups in total. The minimum absolute atomic E-state index is 0.0138. The second-order valence-electron chi connectivity index (χ2n) is 4.07. The molecule has 0 aliphatic rings. The summed E-state index contributed by atoms with van der Waals surface area (Å²) in [6.07, 6.45) is -5.05. The van der Waals surface area contributed by atoms with Crippen molar-refractivity contribution in [2.45, 2.75) is 25.9 Å². The number of ether oxygens (including phenoxy) is 1. The third kappa shape index (κ3) is 6.16. The summed E-state index contributed by atoms with van der Waals surface area (Å²) in [4.78, 5) is 0. The highest BCUT2D eigenvalue weighted by Crippen LogP contribution is 2.23. The lowest BCUT2D eigenvalue weighted by molar-refractivity contribution is -0.136. The summed E-state index contributed by atoms with van der Waals surface area (Å²) in [5.74, 6) is 6.05. The van der Waals surface area contributed by atoms with Crippen molar-refractivity contribution in [3.8, 4) is 17.6 Å². The highest BCUT2D eigenvalue weighted by molar-refractivity contribution is 5.48. The number of alkyl halides is 3. The predicted molar refractivity (Wildman–Crippen MR) is 67.9 cm³/mol. The molecule has 104 valence electrons. The molecule has 19 heavy (non-hydrogen) atoms. The summed E-state index contributed by atoms with van der Waals surface area (Å²) in [5.41, 5.74) is 6.95. The lowest BCUT2D eigenvalue weighted by atomic mass is 10.1. The molecule has 0 amide bonds. The number of nitrogens with two attached hydrogens (primary N) is 1. The van der Waals surface area contributed by atoms with Gasteiger partial charge in [-0.05, 0) is 31.0 Å². The van der Waals surface area contributed by atoms with E-state index in [0.29, 0.717) is 11.3 Å². The van der Waals surface area contributed by atoms with E-state index in [1.807, 2.05) is 19.1 Å². The highest BCUT2D eigenvalue weighted by atomic mass is 19.4. The van der Waals surface area contributed by atoms with Crippen LogP contribution in [-0.4, -0.2) is 19.3 Å². The van der Waals surface area contributed by atoms with Crippen LogP contribution in [0.4, 0.5) is 13.2 Å². The van der Waals surface area contributed by atoms with E-state index >= 15 is 0 Å². The van der Waals surface area contributed by atoms with Crippen LogP contribution in [0.15, 0.2) is 18.2 Å². The van der Waals surface area contributed by atoms with Gasteiger partial charge < -0.3 is 10.5 Å². The minimum atomic E-state index is -4.14. The number of aryl methyl sites for hydroxylation is 1. The second-order valence-corrected chi connectivity index (χ2v) is 4.07. The summed E-state index contributed by atoms with van der Waals surface area (Å²) >= 11 is 0. The smallest absolute Gasteiger partial charge is 0.389 e. The van der Waals surface area contributed by atoms with Crippen molar-refractivity contribution in [1.82, 2.24) is 0 Å². The maximum atomic E-state index is 12.0. The van der Waals surface area contributed by atoms with E-state index in [0.717, 1.165) is 5.56 Å². The van der Waals surface area contributed by atoms with Gasteiger partial charge in [0.05, 0.1) is 18.7 Å². The topological polar surface area (TPSA) is 35.2 Å². The zero-order valence-corrected chi connectivity index (χ0v) is 10.7. The molecule has 2 nitrogen and oxygen atoms in total. The van der Waals surface area contributed by atoms with Gasteiger partial charge in [-0.25, -0.2) is 0 Å². The Morgan fingerprint density at radius 1 is 1.32 bits per heavy atom. The minimum Gasteiger partial charge on any atom is -0.492 e. The van der Waals surface area contributed by atoms with Gasteiger partial charge in [0.1, 0.15) is 5.75 Å². The molecule has 5 heteroatoms. The van der Waals surface area contributed by atoms with Gasteiger partial charge in [-0.3, -0.25) is 0 Å². The normalized spacial score (nSPS) is 10.8. The summed E-state index contributed by atoms with van der Waals surface area (Å²) in [6, 6.07) is 5.36. The van der Waals surface area contributed by atoms with Crippen LogP contribution in [0.1, 0.15) is 24.0 Å². The second kappa shape index (κ2) is 7.05. The number of hydrogen-bond acceptors (Lipinski definition) is 2. The van der Waals surface area contributed by atoms with E-state index < -0.39 is 12.6 Å². The van der Waals surface area contributed by atoms with Crippen LogP contribution >= 0.6 is 0 Å². The molecule has 0 saturated carbocycles. The van der Waals surface area contributed by atoms with Gasteiger partial charge in [0.25, 0.3) is 0 Å². The van der Waals surface area contributed by atoms with Crippen molar-refractivity contribution in [2.24, 2.45) is 5.73 Å². The van der Waals surface area contributed by atoms with Crippen LogP contribution in [-0.2, 0) is 0 Å².